The maximum absolute atomic E-state index is 10.5. The number of nitrogens with zero attached hydrogens (tertiary/aromatic N) is 1. The monoisotopic (exact) mass is 213 g/mol. The maximum Gasteiger partial charge on any atom is 0.272 e. The predicted molar refractivity (Wildman–Crippen MR) is 57.2 cm³/mol. The van der Waals surface area contributed by atoms with E-state index in [1.807, 2.05) is 0 Å². The molecular formula is C9H11NO3S. The fraction of sp³-hybridized carbons (Fsp3) is 0.333. The summed E-state index contributed by atoms with van der Waals surface area (Å²) in [7, 11) is 0. The van der Waals surface area contributed by atoms with Crippen molar-refractivity contribution in [2.24, 2.45) is 0 Å². The Kier molecular flexibility index (Phi) is 3.76. The van der Waals surface area contributed by atoms with Crippen molar-refractivity contribution in [1.29, 1.82) is 0 Å². The van der Waals surface area contributed by atoms with E-state index in [4.69, 9.17) is 4.74 Å². The Morgan fingerprint density at radius 2 is 2.29 bits per heavy atom. The summed E-state index contributed by atoms with van der Waals surface area (Å²) < 4.78 is 5.27. The van der Waals surface area contributed by atoms with Crippen molar-refractivity contribution in [2.75, 3.05) is 12.4 Å². The minimum atomic E-state index is -0.405. The molecule has 1 aromatic rings. The first-order valence-corrected chi connectivity index (χ1v) is 4.77. The normalized spacial score (nSPS) is 9.86. The van der Waals surface area contributed by atoms with Gasteiger partial charge in [0, 0.05) is 17.4 Å². The van der Waals surface area contributed by atoms with Crippen LogP contribution in [-0.2, 0) is 0 Å². The highest BCUT2D eigenvalue weighted by Gasteiger charge is 2.10. The van der Waals surface area contributed by atoms with E-state index in [0.717, 1.165) is 0 Å². The van der Waals surface area contributed by atoms with E-state index in [1.165, 1.54) is 6.07 Å². The third-order valence-electron chi connectivity index (χ3n) is 1.72. The average Bonchev–Trinajstić information content (AvgIpc) is 2.14. The highest BCUT2D eigenvalue weighted by atomic mass is 32.1. The molecule has 0 saturated carbocycles. The van der Waals surface area contributed by atoms with Gasteiger partial charge in [0.15, 0.2) is 0 Å². The van der Waals surface area contributed by atoms with Crippen LogP contribution in [0.25, 0.3) is 0 Å². The van der Waals surface area contributed by atoms with Crippen LogP contribution in [0.4, 0.5) is 5.69 Å². The number of nitro groups is 1. The van der Waals surface area contributed by atoms with Gasteiger partial charge in [-0.3, -0.25) is 10.1 Å². The maximum atomic E-state index is 10.5. The van der Waals surface area contributed by atoms with E-state index >= 15 is 0 Å². The van der Waals surface area contributed by atoms with Gasteiger partial charge in [0.2, 0.25) is 0 Å². The number of benzene rings is 1. The number of rotatable bonds is 4. The van der Waals surface area contributed by atoms with Gasteiger partial charge >= 0.3 is 0 Å². The van der Waals surface area contributed by atoms with Gasteiger partial charge in [0.25, 0.3) is 5.69 Å². The first-order valence-electron chi connectivity index (χ1n) is 4.14. The van der Waals surface area contributed by atoms with Crippen molar-refractivity contribution in [3.63, 3.8) is 0 Å². The molecule has 0 aliphatic heterocycles. The fourth-order valence-corrected chi connectivity index (χ4v) is 1.18. The Morgan fingerprint density at radius 1 is 1.57 bits per heavy atom. The Morgan fingerprint density at radius 3 is 2.79 bits per heavy atom. The quantitative estimate of drug-likeness (QED) is 0.474. The lowest BCUT2D eigenvalue weighted by Crippen LogP contribution is -1.99. The summed E-state index contributed by atoms with van der Waals surface area (Å²) in [4.78, 5) is 10.1. The molecule has 5 heteroatoms. The van der Waals surface area contributed by atoms with Crippen LogP contribution in [0.5, 0.6) is 5.75 Å². The number of hydrogen-bond acceptors (Lipinski definition) is 4. The largest absolute Gasteiger partial charge is 0.493 e. The van der Waals surface area contributed by atoms with Crippen molar-refractivity contribution in [3.8, 4) is 5.75 Å². The van der Waals surface area contributed by atoms with Crippen molar-refractivity contribution in [1.82, 2.24) is 0 Å². The van der Waals surface area contributed by atoms with E-state index in [-0.39, 0.29) is 5.69 Å². The van der Waals surface area contributed by atoms with Crippen molar-refractivity contribution in [2.45, 2.75) is 6.92 Å². The van der Waals surface area contributed by atoms with Crippen LogP contribution in [0.2, 0.25) is 0 Å². The second kappa shape index (κ2) is 4.85. The third-order valence-corrected chi connectivity index (χ3v) is 1.91. The van der Waals surface area contributed by atoms with Crippen LogP contribution >= 0.6 is 12.6 Å². The van der Waals surface area contributed by atoms with Gasteiger partial charge in [0.05, 0.1) is 11.5 Å². The summed E-state index contributed by atoms with van der Waals surface area (Å²) in [5, 5.41) is 10.5. The van der Waals surface area contributed by atoms with E-state index in [0.29, 0.717) is 23.7 Å². The van der Waals surface area contributed by atoms with E-state index < -0.39 is 4.92 Å². The summed E-state index contributed by atoms with van der Waals surface area (Å²) in [6.45, 7) is 2.19. The number of hydrogen-bond donors (Lipinski definition) is 1. The zero-order valence-electron chi connectivity index (χ0n) is 7.77. The Hall–Kier alpha value is -1.23. The predicted octanol–water partition coefficient (Wildman–Crippen LogP) is 2.21. The molecule has 1 rings (SSSR count). The van der Waals surface area contributed by atoms with E-state index in [9.17, 15) is 10.1 Å². The van der Waals surface area contributed by atoms with Crippen molar-refractivity contribution < 1.29 is 9.66 Å². The van der Waals surface area contributed by atoms with Crippen LogP contribution in [0.1, 0.15) is 5.56 Å². The molecule has 0 fully saturated rings. The smallest absolute Gasteiger partial charge is 0.272 e. The summed E-state index contributed by atoms with van der Waals surface area (Å²) in [6, 6.07) is 4.69. The molecule has 0 saturated heterocycles. The summed E-state index contributed by atoms with van der Waals surface area (Å²) in [5.74, 6) is 1.26. The minimum absolute atomic E-state index is 0.114. The average molecular weight is 213 g/mol. The van der Waals surface area contributed by atoms with Crippen LogP contribution in [0.3, 0.4) is 0 Å². The van der Waals surface area contributed by atoms with E-state index in [1.54, 1.807) is 19.1 Å². The molecule has 0 unspecified atom stereocenters. The van der Waals surface area contributed by atoms with Gasteiger partial charge in [-0.25, -0.2) is 0 Å². The lowest BCUT2D eigenvalue weighted by molar-refractivity contribution is -0.385. The molecule has 0 heterocycles. The molecule has 76 valence electrons. The number of nitro benzene ring substituents is 1. The Bertz CT molecular complexity index is 341. The molecule has 4 nitrogen and oxygen atoms in total. The molecule has 0 radical (unpaired) electrons. The third kappa shape index (κ3) is 2.63. The lowest BCUT2D eigenvalue weighted by Gasteiger charge is -2.04. The number of aryl methyl sites for hydroxylation is 1. The van der Waals surface area contributed by atoms with Crippen LogP contribution in [0, 0.1) is 17.0 Å². The SMILES string of the molecule is Cc1cc(OCCS)ccc1[N+](=O)[O-]. The number of thiol groups is 1. The van der Waals surface area contributed by atoms with Crippen molar-refractivity contribution >= 4 is 18.3 Å². The molecule has 0 aromatic heterocycles. The molecular weight excluding hydrogens is 202 g/mol. The van der Waals surface area contributed by atoms with Crippen LogP contribution < -0.4 is 4.74 Å². The standard InChI is InChI=1S/C9H11NO3S/c1-7-6-8(13-4-5-14)2-3-9(7)10(11)12/h2-3,6,14H,4-5H2,1H3. The highest BCUT2D eigenvalue weighted by Crippen LogP contribution is 2.22. The molecule has 0 atom stereocenters. The van der Waals surface area contributed by atoms with Crippen LogP contribution in [-0.4, -0.2) is 17.3 Å². The molecule has 0 N–H and O–H groups in total. The van der Waals surface area contributed by atoms with Crippen LogP contribution in [0.15, 0.2) is 18.2 Å². The molecule has 0 amide bonds. The molecule has 0 spiro atoms. The molecule has 0 aliphatic carbocycles. The summed E-state index contributed by atoms with van der Waals surface area (Å²) in [6.07, 6.45) is 0. The zero-order chi connectivity index (χ0) is 10.6. The second-order valence-electron chi connectivity index (χ2n) is 2.78. The Labute approximate surface area is 87.4 Å². The first kappa shape index (κ1) is 10.8. The summed E-state index contributed by atoms with van der Waals surface area (Å²) in [5.41, 5.74) is 0.717. The van der Waals surface area contributed by atoms with Gasteiger partial charge in [-0.1, -0.05) is 0 Å². The molecule has 1 aromatic carbocycles. The van der Waals surface area contributed by atoms with Gasteiger partial charge in [-0.15, -0.1) is 0 Å². The van der Waals surface area contributed by atoms with Crippen molar-refractivity contribution in [3.05, 3.63) is 33.9 Å². The van der Waals surface area contributed by atoms with Gasteiger partial charge in [0.1, 0.15) is 5.75 Å². The fourth-order valence-electron chi connectivity index (χ4n) is 1.09. The topological polar surface area (TPSA) is 52.4 Å². The van der Waals surface area contributed by atoms with E-state index in [2.05, 4.69) is 12.6 Å². The van der Waals surface area contributed by atoms with Gasteiger partial charge < -0.3 is 4.74 Å². The van der Waals surface area contributed by atoms with Gasteiger partial charge in [-0.2, -0.15) is 12.6 Å². The molecule has 14 heavy (non-hydrogen) atoms. The zero-order valence-corrected chi connectivity index (χ0v) is 8.66. The Balaban J connectivity index is 2.83. The summed E-state index contributed by atoms with van der Waals surface area (Å²) >= 11 is 4.00. The number of ether oxygens (including phenoxy) is 1. The van der Waals surface area contributed by atoms with Gasteiger partial charge in [-0.05, 0) is 19.1 Å². The molecule has 0 bridgehead atoms. The highest BCUT2D eigenvalue weighted by molar-refractivity contribution is 7.80. The lowest BCUT2D eigenvalue weighted by atomic mass is 10.2. The first-order chi connectivity index (χ1) is 6.65. The molecule has 0 aliphatic rings. The minimum Gasteiger partial charge on any atom is -0.493 e. The second-order valence-corrected chi connectivity index (χ2v) is 3.22.